The van der Waals surface area contributed by atoms with Gasteiger partial charge in [0.25, 0.3) is 5.56 Å². The first-order valence-electron chi connectivity index (χ1n) is 6.94. The SMILES string of the molecule is O=c1nc2n(-c3ccc(I)cc3)c3ccccc3cc-2c(=O)[nH]1. The summed E-state index contributed by atoms with van der Waals surface area (Å²) in [5.41, 5.74) is 1.06. The summed E-state index contributed by atoms with van der Waals surface area (Å²) < 4.78 is 2.95. The average molecular weight is 415 g/mol. The lowest BCUT2D eigenvalue weighted by Crippen LogP contribution is -2.27. The van der Waals surface area contributed by atoms with Gasteiger partial charge in [0.05, 0.1) is 11.1 Å². The molecule has 0 atom stereocenters. The van der Waals surface area contributed by atoms with E-state index in [0.717, 1.165) is 20.2 Å². The summed E-state index contributed by atoms with van der Waals surface area (Å²) in [5, 5.41) is 0.907. The molecule has 1 N–H and O–H groups in total. The minimum absolute atomic E-state index is 0.360. The Morgan fingerprint density at radius 1 is 1.00 bits per heavy atom. The van der Waals surface area contributed by atoms with Gasteiger partial charge < -0.3 is 0 Å². The maximum Gasteiger partial charge on any atom is 0.349 e. The molecule has 0 spiro atoms. The number of aromatic amines is 1. The zero-order valence-corrected chi connectivity index (χ0v) is 13.9. The minimum atomic E-state index is -0.642. The molecule has 0 aromatic heterocycles. The summed E-state index contributed by atoms with van der Waals surface area (Å²) >= 11 is 2.23. The van der Waals surface area contributed by atoms with Crippen LogP contribution < -0.4 is 11.2 Å². The van der Waals surface area contributed by atoms with Crippen molar-refractivity contribution in [2.75, 3.05) is 0 Å². The van der Waals surface area contributed by atoms with Gasteiger partial charge in [0.2, 0.25) is 0 Å². The van der Waals surface area contributed by atoms with E-state index in [0.29, 0.717) is 11.4 Å². The van der Waals surface area contributed by atoms with E-state index >= 15 is 0 Å². The van der Waals surface area contributed by atoms with Gasteiger partial charge in [0.1, 0.15) is 0 Å². The van der Waals surface area contributed by atoms with Crippen molar-refractivity contribution in [2.45, 2.75) is 0 Å². The summed E-state index contributed by atoms with van der Waals surface area (Å²) in [6.45, 7) is 0. The van der Waals surface area contributed by atoms with Crippen LogP contribution in [-0.2, 0) is 0 Å². The zero-order valence-electron chi connectivity index (χ0n) is 11.8. The van der Waals surface area contributed by atoms with Gasteiger partial charge in [-0.15, -0.1) is 0 Å². The van der Waals surface area contributed by atoms with E-state index in [4.69, 9.17) is 0 Å². The van der Waals surface area contributed by atoms with Gasteiger partial charge >= 0.3 is 5.69 Å². The number of rotatable bonds is 1. The first kappa shape index (κ1) is 14.1. The van der Waals surface area contributed by atoms with Crippen molar-refractivity contribution in [1.82, 2.24) is 14.5 Å². The second-order valence-electron chi connectivity index (χ2n) is 5.12. The van der Waals surface area contributed by atoms with E-state index in [9.17, 15) is 9.59 Å². The molecule has 0 radical (unpaired) electrons. The molecular weight excluding hydrogens is 405 g/mol. The lowest BCUT2D eigenvalue weighted by molar-refractivity contribution is 0.959. The molecule has 0 saturated heterocycles. The Morgan fingerprint density at radius 3 is 2.52 bits per heavy atom. The van der Waals surface area contributed by atoms with Crippen molar-refractivity contribution in [3.63, 3.8) is 0 Å². The van der Waals surface area contributed by atoms with Crippen molar-refractivity contribution in [3.05, 3.63) is 79.0 Å². The summed E-state index contributed by atoms with van der Waals surface area (Å²) in [5.74, 6) is 0.360. The largest absolute Gasteiger partial charge is 0.349 e. The van der Waals surface area contributed by atoms with E-state index in [-0.39, 0.29) is 0 Å². The summed E-state index contributed by atoms with van der Waals surface area (Å²) in [6.07, 6.45) is 0. The number of nitrogens with one attached hydrogen (secondary N) is 1. The van der Waals surface area contributed by atoms with Gasteiger partial charge in [0, 0.05) is 9.26 Å². The van der Waals surface area contributed by atoms with Crippen LogP contribution in [0.5, 0.6) is 0 Å². The maximum absolute atomic E-state index is 12.2. The van der Waals surface area contributed by atoms with Crippen molar-refractivity contribution < 1.29 is 0 Å². The third kappa shape index (κ3) is 2.35. The Hall–Kier alpha value is -2.48. The third-order valence-electron chi connectivity index (χ3n) is 3.69. The second kappa shape index (κ2) is 5.31. The highest BCUT2D eigenvalue weighted by molar-refractivity contribution is 14.1. The lowest BCUT2D eigenvalue weighted by Gasteiger charge is -2.17. The first-order valence-corrected chi connectivity index (χ1v) is 8.02. The summed E-state index contributed by atoms with van der Waals surface area (Å²) in [4.78, 5) is 30.1. The lowest BCUT2D eigenvalue weighted by atomic mass is 10.1. The smallest absolute Gasteiger partial charge is 0.294 e. The van der Waals surface area contributed by atoms with Crippen LogP contribution in [0.4, 0.5) is 0 Å². The number of hydrogen-bond donors (Lipinski definition) is 1. The zero-order chi connectivity index (χ0) is 16.0. The van der Waals surface area contributed by atoms with Crippen LogP contribution in [0.15, 0.2) is 64.2 Å². The molecule has 0 amide bonds. The number of aromatic nitrogens is 3. The van der Waals surface area contributed by atoms with Crippen LogP contribution in [0.2, 0.25) is 0 Å². The van der Waals surface area contributed by atoms with Crippen LogP contribution in [0, 0.1) is 3.57 Å². The van der Waals surface area contributed by atoms with Crippen LogP contribution in [0.1, 0.15) is 0 Å². The van der Waals surface area contributed by atoms with Gasteiger partial charge in [-0.1, -0.05) is 18.2 Å². The molecule has 0 aliphatic carbocycles. The fraction of sp³-hybridized carbons (Fsp3) is 0. The Balaban J connectivity index is 2.23. The molecule has 6 heteroatoms. The van der Waals surface area contributed by atoms with Gasteiger partial charge in [0.15, 0.2) is 5.82 Å². The number of nitrogens with zero attached hydrogens (tertiary/aromatic N) is 2. The molecule has 0 bridgehead atoms. The number of pyridine rings is 1. The molecular formula is C17H10IN3O2. The van der Waals surface area contributed by atoms with Gasteiger partial charge in [-0.25, -0.2) is 4.79 Å². The second-order valence-corrected chi connectivity index (χ2v) is 6.37. The first-order chi connectivity index (χ1) is 11.1. The topological polar surface area (TPSA) is 67.8 Å². The summed E-state index contributed by atoms with van der Waals surface area (Å²) in [6, 6.07) is 17.3. The van der Waals surface area contributed by atoms with Crippen molar-refractivity contribution in [1.29, 1.82) is 0 Å². The van der Waals surface area contributed by atoms with E-state index in [1.165, 1.54) is 0 Å². The van der Waals surface area contributed by atoms with Crippen LogP contribution >= 0.6 is 22.6 Å². The van der Waals surface area contributed by atoms with E-state index in [1.807, 2.05) is 53.1 Å². The van der Waals surface area contributed by atoms with Crippen LogP contribution in [-0.4, -0.2) is 14.5 Å². The molecule has 112 valence electrons. The maximum atomic E-state index is 12.2. The third-order valence-corrected chi connectivity index (χ3v) is 4.41. The molecule has 0 fully saturated rings. The molecule has 0 saturated carbocycles. The number of halogens is 1. The highest BCUT2D eigenvalue weighted by Crippen LogP contribution is 2.27. The average Bonchev–Trinajstić information content (AvgIpc) is 2.54. The molecule has 4 rings (SSSR count). The molecule has 2 heterocycles. The molecule has 2 aromatic rings. The fourth-order valence-corrected chi connectivity index (χ4v) is 3.04. The highest BCUT2D eigenvalue weighted by atomic mass is 127. The standard InChI is InChI=1S/C17H10IN3O2/c18-11-5-7-12(8-6-11)21-14-4-2-1-3-10(14)9-13-15(21)19-17(23)20-16(13)22/h1-9H,(H,20,22,23). The number of hydrogen-bond acceptors (Lipinski definition) is 3. The fourth-order valence-electron chi connectivity index (χ4n) is 2.69. The van der Waals surface area contributed by atoms with Gasteiger partial charge in [-0.2, -0.15) is 4.98 Å². The number of para-hydroxylation sites is 1. The molecule has 0 unspecified atom stereocenters. The predicted octanol–water partition coefficient (Wildman–Crippen LogP) is 2.78. The van der Waals surface area contributed by atoms with E-state index in [2.05, 4.69) is 32.6 Å². The minimum Gasteiger partial charge on any atom is -0.294 e. The highest BCUT2D eigenvalue weighted by Gasteiger charge is 2.17. The quantitative estimate of drug-likeness (QED) is 0.384. The monoisotopic (exact) mass is 415 g/mol. The molecule has 5 nitrogen and oxygen atoms in total. The predicted molar refractivity (Wildman–Crippen MR) is 97.3 cm³/mol. The van der Waals surface area contributed by atoms with Gasteiger partial charge in [-0.3, -0.25) is 14.3 Å². The Labute approximate surface area is 144 Å². The van der Waals surface area contributed by atoms with E-state index < -0.39 is 11.2 Å². The summed E-state index contributed by atoms with van der Waals surface area (Å²) in [7, 11) is 0. The number of fused-ring (bicyclic) bond motifs is 2. The van der Waals surface area contributed by atoms with Crippen molar-refractivity contribution in [2.24, 2.45) is 0 Å². The van der Waals surface area contributed by atoms with Crippen LogP contribution in [0.25, 0.3) is 28.0 Å². The van der Waals surface area contributed by atoms with Gasteiger partial charge in [-0.05, 0) is 64.4 Å². The molecule has 2 aliphatic heterocycles. The number of benzene rings is 2. The number of H-pyrrole nitrogens is 1. The van der Waals surface area contributed by atoms with E-state index in [1.54, 1.807) is 6.07 Å². The Bertz CT molecular complexity index is 1110. The van der Waals surface area contributed by atoms with Crippen LogP contribution in [0.3, 0.4) is 0 Å². The molecule has 2 aromatic carbocycles. The van der Waals surface area contributed by atoms with Crippen molar-refractivity contribution >= 4 is 33.5 Å². The Kier molecular flexibility index (Phi) is 3.26. The molecule has 2 aliphatic rings. The normalized spacial score (nSPS) is 11.2. The molecule has 23 heavy (non-hydrogen) atoms. The Morgan fingerprint density at radius 2 is 1.74 bits per heavy atom. The van der Waals surface area contributed by atoms with Crippen molar-refractivity contribution in [3.8, 4) is 17.1 Å².